The van der Waals surface area contributed by atoms with Gasteiger partial charge < -0.3 is 5.11 Å². The first-order chi connectivity index (χ1) is 8.13. The number of aliphatic hydroxyl groups is 1. The summed E-state index contributed by atoms with van der Waals surface area (Å²) >= 11 is 0. The van der Waals surface area contributed by atoms with Crippen molar-refractivity contribution in [3.63, 3.8) is 0 Å². The first-order valence-electron chi connectivity index (χ1n) is 7.53. The number of rotatable bonds is 6. The van der Waals surface area contributed by atoms with Crippen LogP contribution in [0.4, 0.5) is 0 Å². The zero-order valence-corrected chi connectivity index (χ0v) is 12.2. The first-order valence-corrected chi connectivity index (χ1v) is 7.53. The van der Waals surface area contributed by atoms with Crippen molar-refractivity contribution in [3.8, 4) is 0 Å². The molecule has 1 rings (SSSR count). The van der Waals surface area contributed by atoms with E-state index >= 15 is 0 Å². The second kappa shape index (κ2) is 7.38. The molecular weight excluding hydrogens is 210 g/mol. The van der Waals surface area contributed by atoms with Gasteiger partial charge in [-0.15, -0.1) is 0 Å². The monoisotopic (exact) mass is 241 g/mol. The zero-order chi connectivity index (χ0) is 12.8. The van der Waals surface area contributed by atoms with Gasteiger partial charge in [0.15, 0.2) is 0 Å². The van der Waals surface area contributed by atoms with E-state index in [1.165, 1.54) is 38.5 Å². The summed E-state index contributed by atoms with van der Waals surface area (Å²) < 4.78 is 0. The van der Waals surface area contributed by atoms with Gasteiger partial charge in [-0.05, 0) is 45.1 Å². The molecule has 0 amide bonds. The molecule has 0 saturated heterocycles. The first kappa shape index (κ1) is 15.0. The summed E-state index contributed by atoms with van der Waals surface area (Å²) in [4.78, 5) is 2.45. The molecule has 0 aromatic carbocycles. The molecule has 1 fully saturated rings. The number of hydrogen-bond acceptors (Lipinski definition) is 2. The Balaban J connectivity index is 2.59. The van der Waals surface area contributed by atoms with Crippen LogP contribution >= 0.6 is 0 Å². The minimum Gasteiger partial charge on any atom is -0.391 e. The van der Waals surface area contributed by atoms with E-state index < -0.39 is 0 Å². The SMILES string of the molecule is CCCC1CCC(O)C(N(C)C(CC)CC)C1. The molecule has 0 aromatic heterocycles. The Morgan fingerprint density at radius 1 is 1.18 bits per heavy atom. The minimum atomic E-state index is -0.103. The highest BCUT2D eigenvalue weighted by atomic mass is 16.3. The van der Waals surface area contributed by atoms with Crippen LogP contribution < -0.4 is 0 Å². The quantitative estimate of drug-likeness (QED) is 0.770. The predicted molar refractivity (Wildman–Crippen MR) is 74.2 cm³/mol. The third-order valence-electron chi connectivity index (χ3n) is 4.63. The highest BCUT2D eigenvalue weighted by Crippen LogP contribution is 2.31. The lowest BCUT2D eigenvalue weighted by atomic mass is 9.80. The van der Waals surface area contributed by atoms with E-state index in [4.69, 9.17) is 0 Å². The number of aliphatic hydroxyl groups excluding tert-OH is 1. The molecule has 0 spiro atoms. The highest BCUT2D eigenvalue weighted by Gasteiger charge is 2.33. The van der Waals surface area contributed by atoms with E-state index in [1.807, 2.05) is 0 Å². The lowest BCUT2D eigenvalue weighted by Gasteiger charge is -2.42. The Bertz CT molecular complexity index is 203. The third-order valence-corrected chi connectivity index (χ3v) is 4.63. The van der Waals surface area contributed by atoms with Crippen LogP contribution in [0.25, 0.3) is 0 Å². The van der Waals surface area contributed by atoms with Crippen molar-refractivity contribution >= 4 is 0 Å². The third kappa shape index (κ3) is 3.96. The van der Waals surface area contributed by atoms with Crippen molar-refractivity contribution in [2.24, 2.45) is 5.92 Å². The lowest BCUT2D eigenvalue weighted by molar-refractivity contribution is -0.00615. The zero-order valence-electron chi connectivity index (χ0n) is 12.2. The Hall–Kier alpha value is -0.0800. The Kier molecular flexibility index (Phi) is 6.50. The van der Waals surface area contributed by atoms with Gasteiger partial charge in [-0.25, -0.2) is 0 Å². The van der Waals surface area contributed by atoms with Gasteiger partial charge >= 0.3 is 0 Å². The fourth-order valence-corrected chi connectivity index (χ4v) is 3.46. The van der Waals surface area contributed by atoms with Crippen molar-refractivity contribution in [2.75, 3.05) is 7.05 Å². The van der Waals surface area contributed by atoms with Gasteiger partial charge in [0.05, 0.1) is 6.10 Å². The van der Waals surface area contributed by atoms with Crippen LogP contribution in [0, 0.1) is 5.92 Å². The summed E-state index contributed by atoms with van der Waals surface area (Å²) in [6.45, 7) is 6.78. The summed E-state index contributed by atoms with van der Waals surface area (Å²) in [7, 11) is 2.21. The summed E-state index contributed by atoms with van der Waals surface area (Å²) in [5.74, 6) is 0.838. The van der Waals surface area contributed by atoms with E-state index in [2.05, 4.69) is 32.7 Å². The van der Waals surface area contributed by atoms with Crippen LogP contribution in [0.5, 0.6) is 0 Å². The van der Waals surface area contributed by atoms with Crippen LogP contribution in [0.2, 0.25) is 0 Å². The number of nitrogens with zero attached hydrogens (tertiary/aromatic N) is 1. The van der Waals surface area contributed by atoms with Crippen LogP contribution in [0.15, 0.2) is 0 Å². The van der Waals surface area contributed by atoms with E-state index in [1.54, 1.807) is 0 Å². The van der Waals surface area contributed by atoms with Crippen molar-refractivity contribution in [1.82, 2.24) is 4.90 Å². The fraction of sp³-hybridized carbons (Fsp3) is 1.00. The van der Waals surface area contributed by atoms with E-state index in [0.717, 1.165) is 12.3 Å². The molecule has 17 heavy (non-hydrogen) atoms. The molecule has 2 heteroatoms. The maximum Gasteiger partial charge on any atom is 0.0695 e. The Morgan fingerprint density at radius 3 is 2.35 bits per heavy atom. The largest absolute Gasteiger partial charge is 0.391 e. The van der Waals surface area contributed by atoms with Gasteiger partial charge in [0, 0.05) is 12.1 Å². The molecule has 1 N–H and O–H groups in total. The maximum absolute atomic E-state index is 10.2. The summed E-state index contributed by atoms with van der Waals surface area (Å²) in [5.41, 5.74) is 0. The van der Waals surface area contributed by atoms with Crippen molar-refractivity contribution < 1.29 is 5.11 Å². The van der Waals surface area contributed by atoms with Gasteiger partial charge in [0.1, 0.15) is 0 Å². The van der Waals surface area contributed by atoms with Crippen molar-refractivity contribution in [2.45, 2.75) is 83.9 Å². The molecule has 102 valence electrons. The average molecular weight is 241 g/mol. The summed E-state index contributed by atoms with van der Waals surface area (Å²) in [6.07, 6.45) is 8.31. The second-order valence-electron chi connectivity index (χ2n) is 5.74. The molecule has 1 aliphatic rings. The standard InChI is InChI=1S/C15H31NO/c1-5-8-12-9-10-15(17)14(11-12)16(4)13(6-2)7-3/h12-15,17H,5-11H2,1-4H3. The van der Waals surface area contributed by atoms with Crippen LogP contribution in [-0.4, -0.2) is 35.2 Å². The Labute approximate surface area is 107 Å². The van der Waals surface area contributed by atoms with E-state index in [9.17, 15) is 5.11 Å². The normalized spacial score (nSPS) is 30.2. The molecule has 0 heterocycles. The molecule has 2 nitrogen and oxygen atoms in total. The number of hydrogen-bond donors (Lipinski definition) is 1. The van der Waals surface area contributed by atoms with E-state index in [0.29, 0.717) is 12.1 Å². The molecule has 0 bridgehead atoms. The van der Waals surface area contributed by atoms with Gasteiger partial charge in [-0.1, -0.05) is 33.6 Å². The molecule has 0 radical (unpaired) electrons. The molecule has 1 saturated carbocycles. The lowest BCUT2D eigenvalue weighted by Crippen LogP contribution is -2.49. The predicted octanol–water partition coefficient (Wildman–Crippen LogP) is 3.44. The molecule has 1 aliphatic carbocycles. The molecule has 0 aliphatic heterocycles. The smallest absolute Gasteiger partial charge is 0.0695 e. The maximum atomic E-state index is 10.2. The molecule has 3 unspecified atom stereocenters. The summed E-state index contributed by atoms with van der Waals surface area (Å²) in [5, 5.41) is 10.2. The fourth-order valence-electron chi connectivity index (χ4n) is 3.46. The molecular formula is C15H31NO. The van der Waals surface area contributed by atoms with E-state index in [-0.39, 0.29) is 6.10 Å². The number of likely N-dealkylation sites (N-methyl/N-ethyl adjacent to an activating group) is 1. The second-order valence-corrected chi connectivity index (χ2v) is 5.74. The average Bonchev–Trinajstić information content (AvgIpc) is 2.33. The minimum absolute atomic E-state index is 0.103. The van der Waals surface area contributed by atoms with Crippen LogP contribution in [0.3, 0.4) is 0 Å². The van der Waals surface area contributed by atoms with Gasteiger partial charge in [-0.3, -0.25) is 4.90 Å². The molecule has 0 aromatic rings. The highest BCUT2D eigenvalue weighted by molar-refractivity contribution is 4.87. The van der Waals surface area contributed by atoms with Crippen LogP contribution in [0.1, 0.15) is 65.7 Å². The van der Waals surface area contributed by atoms with Crippen molar-refractivity contribution in [3.05, 3.63) is 0 Å². The van der Waals surface area contributed by atoms with Gasteiger partial charge in [-0.2, -0.15) is 0 Å². The molecule has 3 atom stereocenters. The van der Waals surface area contributed by atoms with Gasteiger partial charge in [0.25, 0.3) is 0 Å². The summed E-state index contributed by atoms with van der Waals surface area (Å²) in [6, 6.07) is 1.03. The van der Waals surface area contributed by atoms with Crippen molar-refractivity contribution in [1.29, 1.82) is 0 Å². The van der Waals surface area contributed by atoms with Gasteiger partial charge in [0.2, 0.25) is 0 Å². The topological polar surface area (TPSA) is 23.5 Å². The van der Waals surface area contributed by atoms with Crippen LogP contribution in [-0.2, 0) is 0 Å². The Morgan fingerprint density at radius 2 is 1.82 bits per heavy atom.